The van der Waals surface area contributed by atoms with Crippen LogP contribution in [0.2, 0.25) is 0 Å². The maximum Gasteiger partial charge on any atom is 0.336 e. The molecule has 0 aromatic heterocycles. The van der Waals surface area contributed by atoms with Crippen LogP contribution in [0.25, 0.3) is 6.08 Å². The van der Waals surface area contributed by atoms with Crippen LogP contribution in [0.15, 0.2) is 107 Å². The van der Waals surface area contributed by atoms with Gasteiger partial charge < -0.3 is 84.6 Å². The number of ketones is 1. The van der Waals surface area contributed by atoms with Gasteiger partial charge in [0.2, 0.25) is 6.29 Å². The molecular formula is C51H68O21. The van der Waals surface area contributed by atoms with Crippen molar-refractivity contribution in [2.24, 2.45) is 0 Å². The average Bonchev–Trinajstić information content (AvgIpc) is 3.33. The van der Waals surface area contributed by atoms with Gasteiger partial charge >= 0.3 is 17.9 Å². The molecule has 0 amide bonds. The van der Waals surface area contributed by atoms with E-state index in [9.17, 15) is 75.3 Å². The number of rotatable bonds is 17. The largest absolute Gasteiger partial charge is 0.504 e. The van der Waals surface area contributed by atoms with E-state index < -0.39 is 129 Å². The second kappa shape index (κ2) is 28.5. The lowest BCUT2D eigenvalue weighted by Gasteiger charge is -2.42. The van der Waals surface area contributed by atoms with Gasteiger partial charge in [0, 0.05) is 30.1 Å². The van der Waals surface area contributed by atoms with Gasteiger partial charge in [-0.3, -0.25) is 4.79 Å². The molecule has 4 rings (SSSR count). The maximum atomic E-state index is 12.8. The number of allylic oxidation sites excluding steroid dienone is 12. The van der Waals surface area contributed by atoms with Crippen LogP contribution in [0.4, 0.5) is 0 Å². The van der Waals surface area contributed by atoms with Crippen molar-refractivity contribution in [3.63, 3.8) is 0 Å². The number of aliphatic hydroxyl groups excluding tert-OH is 8. The number of carbonyl (C=O) groups excluding carboxylic acids is 4. The van der Waals surface area contributed by atoms with Gasteiger partial charge in [-0.25, -0.2) is 14.4 Å². The van der Waals surface area contributed by atoms with Crippen molar-refractivity contribution < 1.29 is 104 Å². The molecule has 21 heteroatoms. The van der Waals surface area contributed by atoms with Crippen molar-refractivity contribution in [3.05, 3.63) is 113 Å². The molecule has 1 aromatic carbocycles. The number of phenolic OH excluding ortho intramolecular Hbond substituents is 2. The van der Waals surface area contributed by atoms with Gasteiger partial charge in [0.05, 0.1) is 19.3 Å². The molecule has 1 aliphatic carbocycles. The normalized spacial score (nSPS) is 31.6. The van der Waals surface area contributed by atoms with E-state index in [1.165, 1.54) is 55.8 Å². The number of hydrogen-bond acceptors (Lipinski definition) is 21. The van der Waals surface area contributed by atoms with Crippen LogP contribution < -0.4 is 0 Å². The van der Waals surface area contributed by atoms with Crippen LogP contribution in [0.1, 0.15) is 66.9 Å². The predicted molar refractivity (Wildman–Crippen MR) is 256 cm³/mol. The maximum absolute atomic E-state index is 12.8. The highest BCUT2D eigenvalue weighted by atomic mass is 16.7. The van der Waals surface area contributed by atoms with Gasteiger partial charge in [-0.2, -0.15) is 0 Å². The fourth-order valence-electron chi connectivity index (χ4n) is 6.98. The van der Waals surface area contributed by atoms with Crippen molar-refractivity contribution in [1.29, 1.82) is 0 Å². The molecule has 4 unspecified atom stereocenters. The number of benzene rings is 1. The lowest BCUT2D eigenvalue weighted by molar-refractivity contribution is -0.326. The Labute approximate surface area is 416 Å². The molecule has 2 heterocycles. The minimum Gasteiger partial charge on any atom is -0.504 e. The molecule has 1 saturated carbocycles. The number of ether oxygens (including phenoxy) is 6. The quantitative estimate of drug-likeness (QED) is 0.0342. The van der Waals surface area contributed by atoms with Crippen LogP contribution in [-0.4, -0.2) is 178 Å². The van der Waals surface area contributed by atoms with Crippen LogP contribution >= 0.6 is 0 Å². The zero-order valence-corrected chi connectivity index (χ0v) is 41.0. The molecular weight excluding hydrogens is 949 g/mol. The summed E-state index contributed by atoms with van der Waals surface area (Å²) in [5, 5.41) is 110. The van der Waals surface area contributed by atoms with E-state index in [2.05, 4.69) is 0 Å². The lowest BCUT2D eigenvalue weighted by atomic mass is 9.77. The Kier molecular flexibility index (Phi) is 24.0. The number of Topliss-reactive ketones (excluding diaryl/α,β-unsaturated/α-hetero) is 1. The Balaban J connectivity index is 0.000000395. The lowest BCUT2D eigenvalue weighted by Crippen LogP contribution is -2.61. The van der Waals surface area contributed by atoms with Crippen molar-refractivity contribution in [2.75, 3.05) is 13.2 Å². The van der Waals surface area contributed by atoms with Crippen LogP contribution in [0.3, 0.4) is 0 Å². The zero-order chi connectivity index (χ0) is 54.0. The summed E-state index contributed by atoms with van der Waals surface area (Å²) < 4.78 is 31.8. The van der Waals surface area contributed by atoms with Gasteiger partial charge in [0.25, 0.3) is 0 Å². The third-order valence-electron chi connectivity index (χ3n) is 11.4. The van der Waals surface area contributed by atoms with E-state index in [1.54, 1.807) is 31.2 Å². The summed E-state index contributed by atoms with van der Waals surface area (Å²) in [6.45, 7) is 10.6. The summed E-state index contributed by atoms with van der Waals surface area (Å²) in [4.78, 5) is 49.6. The number of hydrogen-bond donors (Lipinski definition) is 11. The highest BCUT2D eigenvalue weighted by Gasteiger charge is 2.51. The first-order chi connectivity index (χ1) is 33.8. The van der Waals surface area contributed by atoms with Gasteiger partial charge in [-0.15, -0.1) is 0 Å². The Hall–Kier alpha value is -5.66. The van der Waals surface area contributed by atoms with Crippen LogP contribution in [0.5, 0.6) is 11.5 Å². The molecule has 21 nitrogen and oxygen atoms in total. The molecule has 2 saturated heterocycles. The molecule has 3 aliphatic rings. The summed E-state index contributed by atoms with van der Waals surface area (Å²) in [5.74, 6) is -3.83. The standard InChI is InChI=1S/C32H38O9.C19H30O12/c1-20(2)9-6-7-10-21(3)11-8-12-22(4)31(38)41-30-27(36)18-32(39,23(5)33)19-28(30)40-29(37)16-14-24-13-15-25(34)26(35)17-24;1-3-4-5-8(2)17(27)31-19-16(26)14(24)12(22)10(30-19)7-28-18-15(25)13(23)11(21)9(6-20)29-18/h6-17,27-28,30,34-36,39H,18-19H2,1-5H3;3-5,9-16,18-26H,6-7H2,1-2H3/b7-6+,11-8+,16-14+,21-10+,22-12+;4-3+,8-5+/t27-,28-,30-,32+;9?,10?,11-,12-,13+,14+,15?,16?,18-,19+/m11/s1. The molecule has 2 aliphatic heterocycles. The molecule has 0 bridgehead atoms. The van der Waals surface area contributed by atoms with Gasteiger partial charge in [0.1, 0.15) is 60.5 Å². The van der Waals surface area contributed by atoms with E-state index in [-0.39, 0.29) is 29.1 Å². The molecule has 3 fully saturated rings. The highest BCUT2D eigenvalue weighted by molar-refractivity contribution is 5.90. The Bertz CT molecular complexity index is 2250. The Morgan fingerprint density at radius 2 is 1.25 bits per heavy atom. The summed E-state index contributed by atoms with van der Waals surface area (Å²) >= 11 is 0. The molecule has 72 heavy (non-hydrogen) atoms. The van der Waals surface area contributed by atoms with Crippen molar-refractivity contribution in [2.45, 2.75) is 147 Å². The fourth-order valence-corrected chi connectivity index (χ4v) is 6.98. The van der Waals surface area contributed by atoms with Gasteiger partial charge in [0.15, 0.2) is 29.7 Å². The topological polar surface area (TPSA) is 346 Å². The Morgan fingerprint density at radius 1 is 0.667 bits per heavy atom. The number of aliphatic hydroxyl groups is 9. The summed E-state index contributed by atoms with van der Waals surface area (Å²) in [7, 11) is 0. The first kappa shape index (κ1) is 60.6. The molecule has 0 spiro atoms. The number of aromatic hydroxyl groups is 2. The van der Waals surface area contributed by atoms with E-state index in [0.717, 1.165) is 18.6 Å². The molecule has 0 radical (unpaired) electrons. The smallest absolute Gasteiger partial charge is 0.336 e. The monoisotopic (exact) mass is 1020 g/mol. The van der Waals surface area contributed by atoms with Gasteiger partial charge in [-0.05, 0) is 72.2 Å². The second-order valence-electron chi connectivity index (χ2n) is 17.6. The van der Waals surface area contributed by atoms with Crippen molar-refractivity contribution >= 4 is 29.8 Å². The summed E-state index contributed by atoms with van der Waals surface area (Å²) in [5.41, 5.74) is 0.936. The summed E-state index contributed by atoms with van der Waals surface area (Å²) in [6, 6.07) is 3.92. The van der Waals surface area contributed by atoms with Crippen LogP contribution in [-0.2, 0) is 47.6 Å². The molecule has 1 aromatic rings. The fraction of sp³-hybridized carbons (Fsp3) is 0.490. The van der Waals surface area contributed by atoms with E-state index >= 15 is 0 Å². The van der Waals surface area contributed by atoms with E-state index in [0.29, 0.717) is 5.56 Å². The van der Waals surface area contributed by atoms with E-state index in [4.69, 9.17) is 28.4 Å². The molecule has 398 valence electrons. The second-order valence-corrected chi connectivity index (χ2v) is 17.6. The third-order valence-corrected chi connectivity index (χ3v) is 11.4. The predicted octanol–water partition coefficient (Wildman–Crippen LogP) is 1.06. The minimum atomic E-state index is -1.97. The highest BCUT2D eigenvalue weighted by Crippen LogP contribution is 2.34. The zero-order valence-electron chi connectivity index (χ0n) is 41.0. The minimum absolute atomic E-state index is 0.198. The SMILES string of the molecule is C/C=C/C=C(\C)C(=O)O[C@@H]1OC(CO[C@@H]2OC(CO)[C@@H](O)[C@H](O)C2O)[C@@H](O)[C@H](O)C1O.CC(=O)[C@]1(O)C[C@@H](O)[C@@H](OC(=O)/C(C)=C/C=C/C(C)=C/C=C/C=C(C)C)[C@H](OC(=O)/C=C/c2ccc(O)c(O)c2)C1. The number of esters is 3. The van der Waals surface area contributed by atoms with Gasteiger partial charge in [-0.1, -0.05) is 78.0 Å². The average molecular weight is 1020 g/mol. The van der Waals surface area contributed by atoms with Crippen molar-refractivity contribution in [1.82, 2.24) is 0 Å². The number of carbonyl (C=O) groups is 4. The summed E-state index contributed by atoms with van der Waals surface area (Å²) in [6.07, 6.45) is -0.797. The third kappa shape index (κ3) is 17.8. The first-order valence-corrected chi connectivity index (χ1v) is 22.8. The number of phenols is 2. The van der Waals surface area contributed by atoms with E-state index in [1.807, 2.05) is 45.1 Å². The first-order valence-electron chi connectivity index (χ1n) is 22.8. The van der Waals surface area contributed by atoms with Crippen molar-refractivity contribution in [3.8, 4) is 11.5 Å². The molecule has 14 atom stereocenters. The molecule has 11 N–H and O–H groups in total. The van der Waals surface area contributed by atoms with Crippen LogP contribution in [0, 0.1) is 0 Å². The Morgan fingerprint density at radius 3 is 1.85 bits per heavy atom.